The summed E-state index contributed by atoms with van der Waals surface area (Å²) in [7, 11) is 3.32. The summed E-state index contributed by atoms with van der Waals surface area (Å²) in [6, 6.07) is 0. The summed E-state index contributed by atoms with van der Waals surface area (Å²) in [6.07, 6.45) is 3.97. The minimum atomic E-state index is -0.727. The molecule has 3 N–H and O–H groups in total. The van der Waals surface area contributed by atoms with Crippen molar-refractivity contribution in [2.75, 3.05) is 20.6 Å². The molecule has 1 aliphatic carbocycles. The number of nitrogens with one attached hydrogen (secondary N) is 1. The van der Waals surface area contributed by atoms with Crippen LogP contribution in [0.4, 0.5) is 0 Å². The number of nitrogens with zero attached hydrogens (tertiary/aromatic N) is 1. The maximum absolute atomic E-state index is 12.3. The Bertz CT molecular complexity index is 319. The first kappa shape index (κ1) is 15.0. The number of hydrogen-bond acceptors (Lipinski definition) is 3. The predicted octanol–water partition coefficient (Wildman–Crippen LogP) is 0.489. The molecule has 5 nitrogen and oxygen atoms in total. The van der Waals surface area contributed by atoms with Crippen molar-refractivity contribution >= 4 is 11.8 Å². The lowest BCUT2D eigenvalue weighted by atomic mass is 9.76. The topological polar surface area (TPSA) is 75.4 Å². The van der Waals surface area contributed by atoms with Gasteiger partial charge in [0.2, 0.25) is 11.8 Å². The lowest BCUT2D eigenvalue weighted by Gasteiger charge is -2.38. The summed E-state index contributed by atoms with van der Waals surface area (Å²) in [4.78, 5) is 25.1. The van der Waals surface area contributed by atoms with Gasteiger partial charge in [-0.1, -0.05) is 19.8 Å². The fraction of sp³-hybridized carbons (Fsp3) is 0.846. The van der Waals surface area contributed by atoms with Crippen LogP contribution in [0.25, 0.3) is 0 Å². The Morgan fingerprint density at radius 1 is 1.50 bits per heavy atom. The highest BCUT2D eigenvalue weighted by atomic mass is 16.2. The number of carbonyl (C=O) groups is 2. The van der Waals surface area contributed by atoms with Crippen molar-refractivity contribution in [3.63, 3.8) is 0 Å². The fourth-order valence-electron chi connectivity index (χ4n) is 2.66. The van der Waals surface area contributed by atoms with Crippen molar-refractivity contribution < 1.29 is 9.59 Å². The molecule has 1 saturated carbocycles. The van der Waals surface area contributed by atoms with E-state index in [-0.39, 0.29) is 11.8 Å². The molecule has 5 heteroatoms. The van der Waals surface area contributed by atoms with E-state index in [1.54, 1.807) is 19.0 Å². The van der Waals surface area contributed by atoms with Crippen molar-refractivity contribution in [1.82, 2.24) is 10.2 Å². The van der Waals surface area contributed by atoms with Gasteiger partial charge in [-0.15, -0.1) is 0 Å². The van der Waals surface area contributed by atoms with Crippen LogP contribution in [0.2, 0.25) is 0 Å². The van der Waals surface area contributed by atoms with Gasteiger partial charge < -0.3 is 16.0 Å². The SMILES string of the molecule is CNC(=O)CCN(C)C(=O)C1(N)CCCC(C)C1. The van der Waals surface area contributed by atoms with Gasteiger partial charge in [-0.25, -0.2) is 0 Å². The third kappa shape index (κ3) is 3.70. The van der Waals surface area contributed by atoms with Crippen molar-refractivity contribution in [2.45, 2.75) is 44.6 Å². The molecule has 0 aromatic rings. The second-order valence-corrected chi connectivity index (χ2v) is 5.51. The van der Waals surface area contributed by atoms with Gasteiger partial charge in [0, 0.05) is 27.1 Å². The van der Waals surface area contributed by atoms with E-state index < -0.39 is 5.54 Å². The van der Waals surface area contributed by atoms with Crippen molar-refractivity contribution in [3.05, 3.63) is 0 Å². The molecule has 0 aromatic heterocycles. The van der Waals surface area contributed by atoms with Crippen LogP contribution in [0.5, 0.6) is 0 Å². The van der Waals surface area contributed by atoms with Crippen LogP contribution < -0.4 is 11.1 Å². The molecule has 104 valence electrons. The Labute approximate surface area is 109 Å². The Hall–Kier alpha value is -1.10. The zero-order valence-electron chi connectivity index (χ0n) is 11.7. The Morgan fingerprint density at radius 3 is 2.72 bits per heavy atom. The van der Waals surface area contributed by atoms with Gasteiger partial charge in [0.15, 0.2) is 0 Å². The smallest absolute Gasteiger partial charge is 0.242 e. The van der Waals surface area contributed by atoms with E-state index in [0.717, 1.165) is 25.7 Å². The van der Waals surface area contributed by atoms with Gasteiger partial charge in [-0.05, 0) is 18.8 Å². The molecule has 2 unspecified atom stereocenters. The molecule has 0 saturated heterocycles. The third-order valence-electron chi connectivity index (χ3n) is 3.76. The highest BCUT2D eigenvalue weighted by Crippen LogP contribution is 2.31. The van der Waals surface area contributed by atoms with Gasteiger partial charge in [-0.2, -0.15) is 0 Å². The number of nitrogens with two attached hydrogens (primary N) is 1. The summed E-state index contributed by atoms with van der Waals surface area (Å²) in [5.41, 5.74) is 5.51. The molecule has 1 rings (SSSR count). The Balaban J connectivity index is 2.54. The number of amides is 2. The predicted molar refractivity (Wildman–Crippen MR) is 70.9 cm³/mol. The molecule has 0 aliphatic heterocycles. The van der Waals surface area contributed by atoms with E-state index >= 15 is 0 Å². The van der Waals surface area contributed by atoms with E-state index in [1.165, 1.54) is 0 Å². The number of carbonyl (C=O) groups excluding carboxylic acids is 2. The molecule has 1 fully saturated rings. The summed E-state index contributed by atoms with van der Waals surface area (Å²) >= 11 is 0. The van der Waals surface area contributed by atoms with Gasteiger partial charge >= 0.3 is 0 Å². The average molecular weight is 255 g/mol. The monoisotopic (exact) mass is 255 g/mol. The van der Waals surface area contributed by atoms with Crippen LogP contribution in [-0.4, -0.2) is 42.9 Å². The molecule has 2 amide bonds. The minimum absolute atomic E-state index is 0.0297. The van der Waals surface area contributed by atoms with Crippen LogP contribution in [0, 0.1) is 5.92 Å². The molecule has 2 atom stereocenters. The summed E-state index contributed by atoms with van der Waals surface area (Å²) in [5.74, 6) is 0.413. The van der Waals surface area contributed by atoms with Gasteiger partial charge in [0.1, 0.15) is 0 Å². The maximum atomic E-state index is 12.3. The van der Waals surface area contributed by atoms with E-state index in [4.69, 9.17) is 5.73 Å². The second kappa shape index (κ2) is 6.18. The molecule has 0 heterocycles. The van der Waals surface area contributed by atoms with Crippen LogP contribution >= 0.6 is 0 Å². The van der Waals surface area contributed by atoms with Crippen molar-refractivity contribution in [1.29, 1.82) is 0 Å². The van der Waals surface area contributed by atoms with E-state index in [1.807, 2.05) is 0 Å². The zero-order chi connectivity index (χ0) is 13.8. The first-order valence-electron chi connectivity index (χ1n) is 6.64. The average Bonchev–Trinajstić information content (AvgIpc) is 2.34. The fourth-order valence-corrected chi connectivity index (χ4v) is 2.66. The molecular weight excluding hydrogens is 230 g/mol. The molecule has 0 bridgehead atoms. The number of hydrogen-bond donors (Lipinski definition) is 2. The van der Waals surface area contributed by atoms with Crippen molar-refractivity contribution in [3.8, 4) is 0 Å². The summed E-state index contributed by atoms with van der Waals surface area (Å²) in [6.45, 7) is 2.56. The second-order valence-electron chi connectivity index (χ2n) is 5.51. The maximum Gasteiger partial charge on any atom is 0.242 e. The van der Waals surface area contributed by atoms with Gasteiger partial charge in [0.05, 0.1) is 5.54 Å². The van der Waals surface area contributed by atoms with Crippen LogP contribution in [0.1, 0.15) is 39.0 Å². The highest BCUT2D eigenvalue weighted by molar-refractivity contribution is 5.86. The van der Waals surface area contributed by atoms with E-state index in [0.29, 0.717) is 18.9 Å². The lowest BCUT2D eigenvalue weighted by molar-refractivity contribution is -0.137. The molecule has 0 spiro atoms. The van der Waals surface area contributed by atoms with Crippen LogP contribution in [-0.2, 0) is 9.59 Å². The summed E-state index contributed by atoms with van der Waals surface area (Å²) < 4.78 is 0. The first-order valence-corrected chi connectivity index (χ1v) is 6.64. The largest absolute Gasteiger partial charge is 0.359 e. The third-order valence-corrected chi connectivity index (χ3v) is 3.76. The minimum Gasteiger partial charge on any atom is -0.359 e. The molecule has 18 heavy (non-hydrogen) atoms. The Morgan fingerprint density at radius 2 is 2.17 bits per heavy atom. The van der Waals surface area contributed by atoms with E-state index in [2.05, 4.69) is 12.2 Å². The van der Waals surface area contributed by atoms with Gasteiger partial charge in [0.25, 0.3) is 0 Å². The standard InChI is InChI=1S/C13H25N3O2/c1-10-5-4-7-13(14,9-10)12(18)16(3)8-6-11(17)15-2/h10H,4-9,14H2,1-3H3,(H,15,17). The lowest BCUT2D eigenvalue weighted by Crippen LogP contribution is -2.56. The highest BCUT2D eigenvalue weighted by Gasteiger charge is 2.39. The normalized spacial score (nSPS) is 27.7. The zero-order valence-corrected chi connectivity index (χ0v) is 11.7. The Kier molecular flexibility index (Phi) is 5.14. The first-order chi connectivity index (χ1) is 8.39. The number of rotatable bonds is 4. The van der Waals surface area contributed by atoms with Crippen LogP contribution in [0.3, 0.4) is 0 Å². The molecule has 0 radical (unpaired) electrons. The van der Waals surface area contributed by atoms with Crippen molar-refractivity contribution in [2.24, 2.45) is 11.7 Å². The molecular formula is C13H25N3O2. The summed E-state index contributed by atoms with van der Waals surface area (Å²) in [5, 5.41) is 2.55. The van der Waals surface area contributed by atoms with E-state index in [9.17, 15) is 9.59 Å². The quantitative estimate of drug-likeness (QED) is 0.767. The van der Waals surface area contributed by atoms with Gasteiger partial charge in [-0.3, -0.25) is 9.59 Å². The molecule has 1 aliphatic rings. The van der Waals surface area contributed by atoms with Crippen LogP contribution in [0.15, 0.2) is 0 Å². The molecule has 0 aromatic carbocycles. The number of likely N-dealkylation sites (N-methyl/N-ethyl adjacent to an activating group) is 1.